The van der Waals surface area contributed by atoms with Crippen LogP contribution in [0.2, 0.25) is 0 Å². The van der Waals surface area contributed by atoms with Crippen molar-refractivity contribution >= 4 is 0 Å². The third-order valence-electron chi connectivity index (χ3n) is 5.37. The van der Waals surface area contributed by atoms with E-state index in [-0.39, 0.29) is 6.10 Å². The van der Waals surface area contributed by atoms with Crippen LogP contribution in [-0.2, 0) is 32.2 Å². The van der Waals surface area contributed by atoms with Gasteiger partial charge in [-0.15, -0.1) is 0 Å². The Morgan fingerprint density at radius 2 is 1.36 bits per heavy atom. The molecule has 0 saturated heterocycles. The molecule has 1 N–H and O–H groups in total. The number of hydrogen-bond donors (Lipinski definition) is 1. The monoisotopic (exact) mass is 454 g/mol. The lowest BCUT2D eigenvalue weighted by molar-refractivity contribution is -0.124. The molecule has 0 aliphatic rings. The van der Waals surface area contributed by atoms with Crippen LogP contribution in [0.4, 0.5) is 0 Å². The second-order valence-electron chi connectivity index (χ2n) is 7.99. The van der Waals surface area contributed by atoms with Gasteiger partial charge in [0.05, 0.1) is 19.3 Å². The summed E-state index contributed by atoms with van der Waals surface area (Å²) >= 11 is 0. The first-order chi connectivity index (χ1) is 16.2. The van der Waals surface area contributed by atoms with E-state index in [9.17, 15) is 5.11 Å². The Labute approximate surface area is 199 Å². The molecule has 1 unspecified atom stereocenters. The predicted octanol–water partition coefficient (Wildman–Crippen LogP) is 5.11. The summed E-state index contributed by atoms with van der Waals surface area (Å²) in [6, 6.07) is 19.9. The van der Waals surface area contributed by atoms with Crippen LogP contribution in [0.3, 0.4) is 0 Å². The van der Waals surface area contributed by atoms with Crippen molar-refractivity contribution in [1.29, 1.82) is 0 Å². The number of benzene rings is 2. The maximum absolute atomic E-state index is 10.9. The summed E-state index contributed by atoms with van der Waals surface area (Å²) in [6.45, 7) is 3.02. The van der Waals surface area contributed by atoms with E-state index in [1.54, 1.807) is 14.2 Å². The van der Waals surface area contributed by atoms with E-state index in [2.05, 4.69) is 18.8 Å². The van der Waals surface area contributed by atoms with Crippen LogP contribution in [0.25, 0.3) is 0 Å². The summed E-state index contributed by atoms with van der Waals surface area (Å²) in [6.07, 6.45) is 2.22. The Hall–Kier alpha value is -2.20. The van der Waals surface area contributed by atoms with Crippen LogP contribution in [0.15, 0.2) is 60.7 Å². The molecule has 0 radical (unpaired) electrons. The molecule has 0 spiro atoms. The van der Waals surface area contributed by atoms with Crippen molar-refractivity contribution in [2.75, 3.05) is 14.2 Å². The molecule has 0 bridgehead atoms. The van der Waals surface area contributed by atoms with Crippen molar-refractivity contribution in [3.63, 3.8) is 0 Å². The number of aliphatic hydroxyl groups excluding tert-OH is 1. The van der Waals surface area contributed by atoms with E-state index in [0.717, 1.165) is 36.8 Å². The maximum atomic E-state index is 10.9. The molecule has 180 valence electrons. The van der Waals surface area contributed by atoms with E-state index in [1.165, 1.54) is 0 Å². The largest absolute Gasteiger partial charge is 0.378 e. The van der Waals surface area contributed by atoms with Crippen molar-refractivity contribution in [2.45, 2.75) is 76.8 Å². The Kier molecular flexibility index (Phi) is 13.5. The van der Waals surface area contributed by atoms with Gasteiger partial charge in [0.25, 0.3) is 0 Å². The SMILES string of the molecule is CCCCC[C@H](OCc1ccccc1)C(O)C#C[C@@H](CC(OC)OC)OCc1ccccc1. The zero-order valence-corrected chi connectivity index (χ0v) is 20.1. The number of hydrogen-bond acceptors (Lipinski definition) is 5. The van der Waals surface area contributed by atoms with Gasteiger partial charge in [0.1, 0.15) is 12.2 Å². The van der Waals surface area contributed by atoms with Crippen LogP contribution < -0.4 is 0 Å². The lowest BCUT2D eigenvalue weighted by atomic mass is 10.1. The Morgan fingerprint density at radius 1 is 0.788 bits per heavy atom. The molecule has 0 heterocycles. The van der Waals surface area contributed by atoms with Gasteiger partial charge in [0, 0.05) is 20.6 Å². The van der Waals surface area contributed by atoms with Gasteiger partial charge in [-0.2, -0.15) is 0 Å². The fourth-order valence-corrected chi connectivity index (χ4v) is 3.38. The molecule has 5 nitrogen and oxygen atoms in total. The van der Waals surface area contributed by atoms with Gasteiger partial charge in [0.15, 0.2) is 6.29 Å². The first-order valence-corrected chi connectivity index (χ1v) is 11.7. The van der Waals surface area contributed by atoms with Gasteiger partial charge in [-0.3, -0.25) is 0 Å². The zero-order valence-electron chi connectivity index (χ0n) is 20.1. The summed E-state index contributed by atoms with van der Waals surface area (Å²) in [5.74, 6) is 6.08. The van der Waals surface area contributed by atoms with Gasteiger partial charge in [0.2, 0.25) is 0 Å². The highest BCUT2D eigenvalue weighted by Gasteiger charge is 2.19. The molecule has 2 aromatic carbocycles. The molecule has 2 aromatic rings. The third-order valence-corrected chi connectivity index (χ3v) is 5.37. The number of unbranched alkanes of at least 4 members (excludes halogenated alkanes) is 2. The van der Waals surface area contributed by atoms with Crippen molar-refractivity contribution < 1.29 is 24.1 Å². The third kappa shape index (κ3) is 11.0. The molecular weight excluding hydrogens is 416 g/mol. The molecule has 2 rings (SSSR count). The standard InChI is InChI=1S/C28H38O5/c1-4-5-8-17-27(33-22-24-15-11-7-12-16-24)26(29)19-18-25(20-28(30-2)31-3)32-21-23-13-9-6-10-14-23/h6-7,9-16,25-29H,4-5,8,17,20-22H2,1-3H3/t25-,26?,27-/m0/s1. The molecular formula is C28H38O5. The van der Waals surface area contributed by atoms with Crippen LogP contribution in [0.1, 0.15) is 50.2 Å². The highest BCUT2D eigenvalue weighted by molar-refractivity contribution is 5.16. The summed E-state index contributed by atoms with van der Waals surface area (Å²) in [5, 5.41) is 10.9. The minimum Gasteiger partial charge on any atom is -0.378 e. The first kappa shape index (κ1) is 27.0. The average molecular weight is 455 g/mol. The molecule has 33 heavy (non-hydrogen) atoms. The molecule has 3 atom stereocenters. The molecule has 0 fully saturated rings. The predicted molar refractivity (Wildman–Crippen MR) is 130 cm³/mol. The Morgan fingerprint density at radius 3 is 1.91 bits per heavy atom. The number of rotatable bonds is 15. The normalized spacial score (nSPS) is 13.8. The van der Waals surface area contributed by atoms with Gasteiger partial charge < -0.3 is 24.1 Å². The highest BCUT2D eigenvalue weighted by atomic mass is 16.7. The summed E-state index contributed by atoms with van der Waals surface area (Å²) in [4.78, 5) is 0. The van der Waals surface area contributed by atoms with Gasteiger partial charge >= 0.3 is 0 Å². The van der Waals surface area contributed by atoms with Crippen molar-refractivity contribution in [3.8, 4) is 11.8 Å². The maximum Gasteiger partial charge on any atom is 0.160 e. The minimum absolute atomic E-state index is 0.361. The first-order valence-electron chi connectivity index (χ1n) is 11.7. The van der Waals surface area contributed by atoms with Crippen molar-refractivity contribution in [3.05, 3.63) is 71.8 Å². The minimum atomic E-state index is -0.906. The van der Waals surface area contributed by atoms with Crippen LogP contribution in [0.5, 0.6) is 0 Å². The molecule has 0 aliphatic carbocycles. The second-order valence-corrected chi connectivity index (χ2v) is 7.99. The summed E-state index contributed by atoms with van der Waals surface area (Å²) in [5.41, 5.74) is 2.13. The van der Waals surface area contributed by atoms with Crippen LogP contribution >= 0.6 is 0 Å². The average Bonchev–Trinajstić information content (AvgIpc) is 2.86. The fraction of sp³-hybridized carbons (Fsp3) is 0.500. The molecule has 0 amide bonds. The summed E-state index contributed by atoms with van der Waals surface area (Å²) in [7, 11) is 3.18. The van der Waals surface area contributed by atoms with Gasteiger partial charge in [-0.05, 0) is 17.5 Å². The van der Waals surface area contributed by atoms with Crippen LogP contribution in [0, 0.1) is 11.8 Å². The number of methoxy groups -OCH3 is 2. The number of ether oxygens (including phenoxy) is 4. The van der Waals surface area contributed by atoms with Gasteiger partial charge in [-0.25, -0.2) is 0 Å². The van der Waals surface area contributed by atoms with E-state index in [4.69, 9.17) is 18.9 Å². The zero-order chi connectivity index (χ0) is 23.7. The molecule has 0 saturated carbocycles. The smallest absolute Gasteiger partial charge is 0.160 e. The van der Waals surface area contributed by atoms with E-state index in [1.807, 2.05) is 60.7 Å². The lowest BCUT2D eigenvalue weighted by Crippen LogP contribution is -2.29. The lowest BCUT2D eigenvalue weighted by Gasteiger charge is -2.21. The summed E-state index contributed by atoms with van der Waals surface area (Å²) < 4.78 is 22.8. The quantitative estimate of drug-likeness (QED) is 0.230. The second kappa shape index (κ2) is 16.4. The molecule has 5 heteroatoms. The highest BCUT2D eigenvalue weighted by Crippen LogP contribution is 2.15. The Bertz CT molecular complexity index is 795. The van der Waals surface area contributed by atoms with E-state index >= 15 is 0 Å². The topological polar surface area (TPSA) is 57.2 Å². The van der Waals surface area contributed by atoms with Crippen molar-refractivity contribution in [2.24, 2.45) is 0 Å². The van der Waals surface area contributed by atoms with Crippen molar-refractivity contribution in [1.82, 2.24) is 0 Å². The fourth-order valence-electron chi connectivity index (χ4n) is 3.38. The van der Waals surface area contributed by atoms with Crippen LogP contribution in [-0.4, -0.2) is 43.9 Å². The number of aliphatic hydroxyl groups is 1. The molecule has 0 aliphatic heterocycles. The molecule has 0 aromatic heterocycles. The Balaban J connectivity index is 2.05. The van der Waals surface area contributed by atoms with Gasteiger partial charge in [-0.1, -0.05) is 98.7 Å². The van der Waals surface area contributed by atoms with E-state index in [0.29, 0.717) is 19.6 Å². The van der Waals surface area contributed by atoms with E-state index < -0.39 is 18.5 Å².